The van der Waals surface area contributed by atoms with E-state index in [0.29, 0.717) is 24.8 Å². The largest absolute Gasteiger partial charge is 0.508 e. The molecule has 3 aromatic rings. The molecule has 8 heteroatoms. The molecule has 1 saturated heterocycles. The molecule has 0 atom stereocenters. The predicted molar refractivity (Wildman–Crippen MR) is 124 cm³/mol. The second kappa shape index (κ2) is 9.36. The topological polar surface area (TPSA) is 114 Å². The maximum absolute atomic E-state index is 10.1. The van der Waals surface area contributed by atoms with Gasteiger partial charge in [-0.2, -0.15) is 0 Å². The van der Waals surface area contributed by atoms with Gasteiger partial charge in [-0.1, -0.05) is 0 Å². The highest BCUT2D eigenvalue weighted by Crippen LogP contribution is 2.33. The lowest BCUT2D eigenvalue weighted by molar-refractivity contribution is 0.408. The van der Waals surface area contributed by atoms with Crippen LogP contribution in [0.1, 0.15) is 12.8 Å². The van der Waals surface area contributed by atoms with Crippen LogP contribution in [-0.2, 0) is 0 Å². The standard InChI is InChI=1S/C23H30N6O2/c1-31-20-11-18(10-19(30)13-20)29(9-6-24)17-2-3-21-22(12-17)27-23(15-26-21)28-7-4-16(14-25)5-8-28/h2-3,10-13,15-16,30H,4-9,14,24-25H2,1H3. The Hall–Kier alpha value is -3.10. The third-order valence-electron chi connectivity index (χ3n) is 5.87. The molecule has 1 aliphatic heterocycles. The number of ether oxygens (including phenoxy) is 1. The van der Waals surface area contributed by atoms with E-state index in [2.05, 4.69) is 9.88 Å². The van der Waals surface area contributed by atoms with E-state index in [4.69, 9.17) is 21.2 Å². The average molecular weight is 423 g/mol. The Morgan fingerprint density at radius 1 is 1.10 bits per heavy atom. The van der Waals surface area contributed by atoms with Gasteiger partial charge in [-0.05, 0) is 43.5 Å². The third-order valence-corrected chi connectivity index (χ3v) is 5.87. The number of rotatable bonds is 7. The van der Waals surface area contributed by atoms with Crippen molar-refractivity contribution in [3.8, 4) is 11.5 Å². The minimum Gasteiger partial charge on any atom is -0.508 e. The summed E-state index contributed by atoms with van der Waals surface area (Å²) in [5.74, 6) is 2.21. The first-order valence-corrected chi connectivity index (χ1v) is 10.7. The Morgan fingerprint density at radius 3 is 2.61 bits per heavy atom. The van der Waals surface area contributed by atoms with Crippen LogP contribution in [0.4, 0.5) is 17.2 Å². The van der Waals surface area contributed by atoms with E-state index in [1.165, 1.54) is 0 Å². The molecule has 0 unspecified atom stereocenters. The summed E-state index contributed by atoms with van der Waals surface area (Å²) in [7, 11) is 1.58. The minimum absolute atomic E-state index is 0.139. The number of anilines is 3. The van der Waals surface area contributed by atoms with Crippen molar-refractivity contribution in [3.63, 3.8) is 0 Å². The van der Waals surface area contributed by atoms with Crippen LogP contribution in [0.2, 0.25) is 0 Å². The van der Waals surface area contributed by atoms with Gasteiger partial charge in [-0.3, -0.25) is 4.98 Å². The number of nitrogens with two attached hydrogens (primary N) is 2. The van der Waals surface area contributed by atoms with Crippen molar-refractivity contribution in [2.45, 2.75) is 12.8 Å². The van der Waals surface area contributed by atoms with Crippen molar-refractivity contribution in [1.29, 1.82) is 0 Å². The van der Waals surface area contributed by atoms with Crippen molar-refractivity contribution in [3.05, 3.63) is 42.6 Å². The Kier molecular flexibility index (Phi) is 6.39. The Labute approximate surface area is 182 Å². The van der Waals surface area contributed by atoms with Crippen LogP contribution in [0.15, 0.2) is 42.6 Å². The normalized spacial score (nSPS) is 14.7. The van der Waals surface area contributed by atoms with Crippen LogP contribution in [0.25, 0.3) is 11.0 Å². The van der Waals surface area contributed by atoms with E-state index >= 15 is 0 Å². The van der Waals surface area contributed by atoms with E-state index in [0.717, 1.165) is 60.7 Å². The predicted octanol–water partition coefficient (Wildman–Crippen LogP) is 2.62. The maximum atomic E-state index is 10.1. The van der Waals surface area contributed by atoms with Crippen molar-refractivity contribution in [1.82, 2.24) is 9.97 Å². The number of aromatic nitrogens is 2. The van der Waals surface area contributed by atoms with E-state index < -0.39 is 0 Å². The van der Waals surface area contributed by atoms with Gasteiger partial charge in [0, 0.05) is 55.8 Å². The first-order chi connectivity index (χ1) is 15.1. The number of nitrogens with zero attached hydrogens (tertiary/aromatic N) is 4. The molecule has 0 saturated carbocycles. The number of phenols is 1. The molecule has 8 nitrogen and oxygen atoms in total. The van der Waals surface area contributed by atoms with Gasteiger partial charge in [-0.15, -0.1) is 0 Å². The van der Waals surface area contributed by atoms with Gasteiger partial charge in [-0.25, -0.2) is 4.98 Å². The van der Waals surface area contributed by atoms with Gasteiger partial charge in [0.2, 0.25) is 0 Å². The summed E-state index contributed by atoms with van der Waals surface area (Å²) in [6.45, 7) is 3.68. The molecule has 2 heterocycles. The molecule has 31 heavy (non-hydrogen) atoms. The summed E-state index contributed by atoms with van der Waals surface area (Å²) in [5, 5.41) is 10.1. The first kappa shape index (κ1) is 21.1. The van der Waals surface area contributed by atoms with Gasteiger partial charge in [0.15, 0.2) is 0 Å². The number of hydrogen-bond acceptors (Lipinski definition) is 8. The highest BCUT2D eigenvalue weighted by Gasteiger charge is 2.20. The number of methoxy groups -OCH3 is 1. The van der Waals surface area contributed by atoms with Crippen LogP contribution in [0.5, 0.6) is 11.5 Å². The van der Waals surface area contributed by atoms with E-state index in [-0.39, 0.29) is 5.75 Å². The van der Waals surface area contributed by atoms with Crippen molar-refractivity contribution < 1.29 is 9.84 Å². The quantitative estimate of drug-likeness (QED) is 0.532. The van der Waals surface area contributed by atoms with Gasteiger partial charge in [0.1, 0.15) is 17.3 Å². The summed E-state index contributed by atoms with van der Waals surface area (Å²) in [6.07, 6.45) is 4.02. The molecule has 5 N–H and O–H groups in total. The number of phenolic OH excluding ortho intramolecular Hbond substituents is 1. The zero-order valence-electron chi connectivity index (χ0n) is 17.9. The number of aromatic hydroxyl groups is 1. The fourth-order valence-electron chi connectivity index (χ4n) is 4.09. The molecule has 1 fully saturated rings. The van der Waals surface area contributed by atoms with Crippen LogP contribution in [0, 0.1) is 5.92 Å². The van der Waals surface area contributed by atoms with E-state index in [1.807, 2.05) is 35.4 Å². The summed E-state index contributed by atoms with van der Waals surface area (Å²) < 4.78 is 5.31. The van der Waals surface area contributed by atoms with Crippen molar-refractivity contribution in [2.75, 3.05) is 49.6 Å². The summed E-state index contributed by atoms with van der Waals surface area (Å²) in [6, 6.07) is 11.1. The van der Waals surface area contributed by atoms with Gasteiger partial charge in [0.05, 0.1) is 24.3 Å². The lowest BCUT2D eigenvalue weighted by atomic mass is 9.97. The highest BCUT2D eigenvalue weighted by atomic mass is 16.5. The lowest BCUT2D eigenvalue weighted by Gasteiger charge is -2.32. The van der Waals surface area contributed by atoms with Crippen LogP contribution in [-0.4, -0.2) is 54.9 Å². The molecule has 2 aromatic carbocycles. The minimum atomic E-state index is 0.139. The highest BCUT2D eigenvalue weighted by molar-refractivity contribution is 5.82. The van der Waals surface area contributed by atoms with Crippen molar-refractivity contribution >= 4 is 28.2 Å². The molecule has 0 spiro atoms. The summed E-state index contributed by atoms with van der Waals surface area (Å²) in [5.41, 5.74) is 15.1. The number of fused-ring (bicyclic) bond motifs is 1. The molecule has 1 aromatic heterocycles. The second-order valence-corrected chi connectivity index (χ2v) is 7.90. The van der Waals surface area contributed by atoms with Crippen molar-refractivity contribution in [2.24, 2.45) is 17.4 Å². The SMILES string of the molecule is COc1cc(O)cc(N(CCN)c2ccc3ncc(N4CCC(CN)CC4)nc3c2)c1. The molecule has 0 aliphatic carbocycles. The molecule has 0 bridgehead atoms. The van der Waals surface area contributed by atoms with Crippen LogP contribution in [0.3, 0.4) is 0 Å². The molecular weight excluding hydrogens is 392 g/mol. The van der Waals surface area contributed by atoms with Gasteiger partial charge in [0.25, 0.3) is 0 Å². The third kappa shape index (κ3) is 4.65. The Bertz CT molecular complexity index is 1040. The average Bonchev–Trinajstić information content (AvgIpc) is 2.81. The maximum Gasteiger partial charge on any atom is 0.147 e. The molecule has 4 rings (SSSR count). The zero-order valence-corrected chi connectivity index (χ0v) is 17.9. The Balaban J connectivity index is 1.67. The fraction of sp³-hybridized carbons (Fsp3) is 0.391. The zero-order chi connectivity index (χ0) is 21.8. The number of piperidine rings is 1. The van der Waals surface area contributed by atoms with E-state index in [9.17, 15) is 5.11 Å². The van der Waals surface area contributed by atoms with Gasteiger partial charge >= 0.3 is 0 Å². The molecule has 0 amide bonds. The smallest absolute Gasteiger partial charge is 0.147 e. The monoisotopic (exact) mass is 422 g/mol. The molecule has 0 radical (unpaired) electrons. The van der Waals surface area contributed by atoms with Gasteiger partial charge < -0.3 is 31.1 Å². The fourth-order valence-corrected chi connectivity index (χ4v) is 4.09. The molecule has 164 valence electrons. The number of benzene rings is 2. The van der Waals surface area contributed by atoms with Crippen LogP contribution >= 0.6 is 0 Å². The molecule has 1 aliphatic rings. The summed E-state index contributed by atoms with van der Waals surface area (Å²) in [4.78, 5) is 13.8. The number of hydrogen-bond donors (Lipinski definition) is 3. The first-order valence-electron chi connectivity index (χ1n) is 10.7. The lowest BCUT2D eigenvalue weighted by Crippen LogP contribution is -2.36. The van der Waals surface area contributed by atoms with E-state index in [1.54, 1.807) is 19.2 Å². The van der Waals surface area contributed by atoms with Crippen LogP contribution < -0.4 is 26.0 Å². The Morgan fingerprint density at radius 2 is 1.90 bits per heavy atom. The summed E-state index contributed by atoms with van der Waals surface area (Å²) >= 11 is 0. The second-order valence-electron chi connectivity index (χ2n) is 7.90. The molecular formula is C23H30N6O2.